The molecule has 1 aliphatic rings. The van der Waals surface area contributed by atoms with E-state index in [9.17, 15) is 17.6 Å². The molecule has 2 heterocycles. The third kappa shape index (κ3) is 2.38. The van der Waals surface area contributed by atoms with E-state index in [-0.39, 0.29) is 5.56 Å². The monoisotopic (exact) mass is 336 g/mol. The molecular formula is C14H13FN4O3S. The van der Waals surface area contributed by atoms with Crippen LogP contribution >= 0.6 is 0 Å². The van der Waals surface area contributed by atoms with Crippen LogP contribution in [0.25, 0.3) is 0 Å². The number of anilines is 3. The number of carbonyl (C=O) groups excluding carboxylic acids is 1. The van der Waals surface area contributed by atoms with Crippen LogP contribution in [-0.4, -0.2) is 33.4 Å². The molecule has 1 N–H and O–H groups in total. The van der Waals surface area contributed by atoms with Gasteiger partial charge in [-0.25, -0.2) is 4.39 Å². The second-order valence-electron chi connectivity index (χ2n) is 4.96. The highest BCUT2D eigenvalue weighted by Gasteiger charge is 2.35. The van der Waals surface area contributed by atoms with Crippen molar-refractivity contribution in [2.24, 2.45) is 0 Å². The molecule has 1 aromatic heterocycles. The van der Waals surface area contributed by atoms with Crippen LogP contribution in [0.1, 0.15) is 10.4 Å². The molecular weight excluding hydrogens is 323 g/mol. The third-order valence-electron chi connectivity index (χ3n) is 3.62. The Morgan fingerprint density at radius 1 is 1.17 bits per heavy atom. The molecule has 7 nitrogen and oxygen atoms in total. The molecule has 0 radical (unpaired) electrons. The van der Waals surface area contributed by atoms with E-state index in [0.29, 0.717) is 17.1 Å². The maximum absolute atomic E-state index is 13.6. The number of carbonyl (C=O) groups is 1. The van der Waals surface area contributed by atoms with Gasteiger partial charge in [-0.1, -0.05) is 0 Å². The average molecular weight is 336 g/mol. The summed E-state index contributed by atoms with van der Waals surface area (Å²) in [4.78, 5) is 15.7. The summed E-state index contributed by atoms with van der Waals surface area (Å²) >= 11 is 0. The van der Waals surface area contributed by atoms with Crippen molar-refractivity contribution in [1.82, 2.24) is 4.98 Å². The zero-order valence-corrected chi connectivity index (χ0v) is 13.1. The van der Waals surface area contributed by atoms with Crippen LogP contribution in [0.2, 0.25) is 0 Å². The molecule has 0 aliphatic carbocycles. The van der Waals surface area contributed by atoms with E-state index >= 15 is 0 Å². The van der Waals surface area contributed by atoms with Crippen molar-refractivity contribution < 1.29 is 17.6 Å². The van der Waals surface area contributed by atoms with Gasteiger partial charge in [0.05, 0.1) is 23.1 Å². The standard InChI is InChI=1S/C14H13FN4O3S/c1-18-12-4-3-9(7-13(12)19(2)23(18,21)22)17-14(20)10-5-6-16-8-11(10)15/h3-8H,1-2H3,(H,17,20). The van der Waals surface area contributed by atoms with Gasteiger partial charge in [0.2, 0.25) is 0 Å². The predicted octanol–water partition coefficient (Wildman–Crippen LogP) is 1.60. The van der Waals surface area contributed by atoms with Crippen molar-refractivity contribution in [3.63, 3.8) is 0 Å². The molecule has 0 spiro atoms. The molecule has 0 saturated carbocycles. The van der Waals surface area contributed by atoms with Crippen LogP contribution in [0.4, 0.5) is 21.5 Å². The van der Waals surface area contributed by atoms with E-state index < -0.39 is 21.9 Å². The highest BCUT2D eigenvalue weighted by molar-refractivity contribution is 7.94. The fourth-order valence-electron chi connectivity index (χ4n) is 2.31. The van der Waals surface area contributed by atoms with Crippen molar-refractivity contribution in [3.05, 3.63) is 48.0 Å². The van der Waals surface area contributed by atoms with Crippen LogP contribution < -0.4 is 13.9 Å². The lowest BCUT2D eigenvalue weighted by atomic mass is 10.2. The summed E-state index contributed by atoms with van der Waals surface area (Å²) < 4.78 is 39.9. The van der Waals surface area contributed by atoms with Crippen molar-refractivity contribution in [2.45, 2.75) is 0 Å². The Labute approximate surface area is 132 Å². The number of fused-ring (bicyclic) bond motifs is 1. The van der Waals surface area contributed by atoms with Crippen molar-refractivity contribution in [1.29, 1.82) is 0 Å². The maximum atomic E-state index is 13.6. The van der Waals surface area contributed by atoms with Gasteiger partial charge in [-0.3, -0.25) is 18.4 Å². The summed E-state index contributed by atoms with van der Waals surface area (Å²) in [6.45, 7) is 0. The normalized spacial score (nSPS) is 15.4. The first-order chi connectivity index (χ1) is 10.8. The van der Waals surface area contributed by atoms with Crippen molar-refractivity contribution >= 4 is 33.2 Å². The predicted molar refractivity (Wildman–Crippen MR) is 84.3 cm³/mol. The fraction of sp³-hybridized carbons (Fsp3) is 0.143. The van der Waals surface area contributed by atoms with Gasteiger partial charge in [-0.05, 0) is 24.3 Å². The van der Waals surface area contributed by atoms with E-state index in [0.717, 1.165) is 14.8 Å². The van der Waals surface area contributed by atoms with E-state index in [1.54, 1.807) is 12.1 Å². The van der Waals surface area contributed by atoms with Crippen molar-refractivity contribution in [2.75, 3.05) is 28.0 Å². The number of rotatable bonds is 2. The third-order valence-corrected chi connectivity index (χ3v) is 5.40. The molecule has 1 aliphatic heterocycles. The molecule has 9 heteroatoms. The molecule has 0 unspecified atom stereocenters. The number of nitrogens with one attached hydrogen (secondary N) is 1. The highest BCUT2D eigenvalue weighted by atomic mass is 32.2. The summed E-state index contributed by atoms with van der Waals surface area (Å²) in [7, 11) is -0.712. The highest BCUT2D eigenvalue weighted by Crippen LogP contribution is 2.40. The Morgan fingerprint density at radius 2 is 1.87 bits per heavy atom. The first-order valence-electron chi connectivity index (χ1n) is 6.60. The SMILES string of the molecule is CN1c2ccc(NC(=O)c3ccncc3F)cc2N(C)S1(=O)=O. The molecule has 3 rings (SSSR count). The first-order valence-corrected chi connectivity index (χ1v) is 8.00. The minimum Gasteiger partial charge on any atom is -0.322 e. The van der Waals surface area contributed by atoms with Crippen LogP contribution in [0, 0.1) is 5.82 Å². The molecule has 120 valence electrons. The van der Waals surface area contributed by atoms with Crippen LogP contribution in [0.3, 0.4) is 0 Å². The average Bonchev–Trinajstić information content (AvgIpc) is 2.69. The second kappa shape index (κ2) is 5.20. The Bertz CT molecular complexity index is 901. The Morgan fingerprint density at radius 3 is 2.57 bits per heavy atom. The number of aromatic nitrogens is 1. The largest absolute Gasteiger partial charge is 0.326 e. The van der Waals surface area contributed by atoms with Gasteiger partial charge >= 0.3 is 10.2 Å². The maximum Gasteiger partial charge on any atom is 0.326 e. The fourth-order valence-corrected chi connectivity index (χ4v) is 3.47. The molecule has 0 saturated heterocycles. The Hall–Kier alpha value is -2.68. The number of hydrogen-bond donors (Lipinski definition) is 1. The lowest BCUT2D eigenvalue weighted by Crippen LogP contribution is -2.32. The van der Waals surface area contributed by atoms with Gasteiger partial charge in [0.1, 0.15) is 0 Å². The number of benzene rings is 1. The van der Waals surface area contributed by atoms with Crippen LogP contribution in [-0.2, 0) is 10.2 Å². The zero-order chi connectivity index (χ0) is 16.8. The van der Waals surface area contributed by atoms with E-state index in [2.05, 4.69) is 10.3 Å². The van der Waals surface area contributed by atoms with E-state index in [1.807, 2.05) is 0 Å². The topological polar surface area (TPSA) is 82.6 Å². The summed E-state index contributed by atoms with van der Waals surface area (Å²) in [6.07, 6.45) is 2.27. The summed E-state index contributed by atoms with van der Waals surface area (Å²) in [6, 6.07) is 5.92. The number of nitrogens with zero attached hydrogens (tertiary/aromatic N) is 3. The zero-order valence-electron chi connectivity index (χ0n) is 12.3. The number of pyridine rings is 1. The van der Waals surface area contributed by atoms with E-state index in [1.165, 1.54) is 32.4 Å². The summed E-state index contributed by atoms with van der Waals surface area (Å²) in [5, 5.41) is 2.54. The van der Waals surface area contributed by atoms with Gasteiger partial charge in [-0.2, -0.15) is 8.42 Å². The number of amides is 1. The van der Waals surface area contributed by atoms with Crippen molar-refractivity contribution in [3.8, 4) is 0 Å². The molecule has 2 aromatic rings. The van der Waals surface area contributed by atoms with Crippen LogP contribution in [0.5, 0.6) is 0 Å². The molecule has 1 amide bonds. The second-order valence-corrected chi connectivity index (χ2v) is 6.95. The minimum atomic E-state index is -3.58. The van der Waals surface area contributed by atoms with Gasteiger partial charge in [0, 0.05) is 26.0 Å². The van der Waals surface area contributed by atoms with Gasteiger partial charge in [0.25, 0.3) is 5.91 Å². The molecule has 0 bridgehead atoms. The summed E-state index contributed by atoms with van der Waals surface area (Å²) in [5.74, 6) is -1.37. The number of halogens is 1. The van der Waals surface area contributed by atoms with Gasteiger partial charge in [0.15, 0.2) is 5.82 Å². The smallest absolute Gasteiger partial charge is 0.322 e. The quantitative estimate of drug-likeness (QED) is 0.903. The van der Waals surface area contributed by atoms with Crippen LogP contribution in [0.15, 0.2) is 36.7 Å². The molecule has 0 fully saturated rings. The van der Waals surface area contributed by atoms with Gasteiger partial charge < -0.3 is 5.32 Å². The molecule has 1 aromatic carbocycles. The summed E-state index contributed by atoms with van der Waals surface area (Å²) in [5.41, 5.74) is 1.15. The Balaban J connectivity index is 1.92. The Kier molecular flexibility index (Phi) is 3.44. The molecule has 23 heavy (non-hydrogen) atoms. The number of hydrogen-bond acceptors (Lipinski definition) is 4. The van der Waals surface area contributed by atoms with E-state index in [4.69, 9.17) is 0 Å². The minimum absolute atomic E-state index is 0.140. The first kappa shape index (κ1) is 15.2. The lowest BCUT2D eigenvalue weighted by Gasteiger charge is -2.13. The lowest BCUT2D eigenvalue weighted by molar-refractivity contribution is 0.102. The van der Waals surface area contributed by atoms with Gasteiger partial charge in [-0.15, -0.1) is 0 Å². The molecule has 0 atom stereocenters.